The fourth-order valence-electron chi connectivity index (χ4n) is 2.91. The molecule has 2 atom stereocenters. The van der Waals surface area contributed by atoms with Crippen molar-refractivity contribution in [3.8, 4) is 0 Å². The number of aliphatic carboxylic acids is 2. The summed E-state index contributed by atoms with van der Waals surface area (Å²) in [7, 11) is 0. The van der Waals surface area contributed by atoms with Gasteiger partial charge in [-0.3, -0.25) is 19.2 Å². The molecule has 0 radical (unpaired) electrons. The van der Waals surface area contributed by atoms with Gasteiger partial charge in [0.1, 0.15) is 0 Å². The highest BCUT2D eigenvalue weighted by Crippen LogP contribution is 2.11. The van der Waals surface area contributed by atoms with Crippen LogP contribution in [0.4, 0.5) is 0 Å². The number of hydrogen-bond acceptors (Lipinski definition) is 8. The van der Waals surface area contributed by atoms with E-state index in [-0.39, 0.29) is 55.9 Å². The molecule has 0 fully saturated rings. The van der Waals surface area contributed by atoms with E-state index in [1.165, 1.54) is 0 Å². The molecule has 0 heterocycles. The lowest BCUT2D eigenvalue weighted by atomic mass is 9.90. The van der Waals surface area contributed by atoms with E-state index in [1.807, 2.05) is 13.8 Å². The van der Waals surface area contributed by atoms with E-state index in [1.54, 1.807) is 0 Å². The van der Waals surface area contributed by atoms with Crippen LogP contribution in [0.5, 0.6) is 0 Å². The van der Waals surface area contributed by atoms with Crippen LogP contribution in [0.1, 0.15) is 52.4 Å². The molecule has 0 aliphatic heterocycles. The second-order valence-corrected chi connectivity index (χ2v) is 8.95. The molecular weight excluding hydrogens is 432 g/mol. The van der Waals surface area contributed by atoms with Crippen molar-refractivity contribution < 1.29 is 29.4 Å². The predicted octanol–water partition coefficient (Wildman–Crippen LogP) is -1.41. The highest BCUT2D eigenvalue weighted by Gasteiger charge is 2.25. The number of rotatable bonds is 20. The zero-order valence-electron chi connectivity index (χ0n) is 19.9. The van der Waals surface area contributed by atoms with Crippen LogP contribution in [0.2, 0.25) is 0 Å². The molecule has 2 amide bonds. The number of carboxylic acid groups (broad SMARTS) is 2. The average Bonchev–Trinajstić information content (AvgIpc) is 2.74. The molecule has 192 valence electrons. The van der Waals surface area contributed by atoms with Crippen LogP contribution < -0.4 is 32.7 Å². The van der Waals surface area contributed by atoms with Crippen molar-refractivity contribution in [3.63, 3.8) is 0 Å². The van der Waals surface area contributed by atoms with Gasteiger partial charge in [-0.05, 0) is 19.8 Å². The van der Waals surface area contributed by atoms with Crippen LogP contribution in [0.3, 0.4) is 0 Å². The first-order valence-corrected chi connectivity index (χ1v) is 11.3. The maximum Gasteiger partial charge on any atom is 0.303 e. The van der Waals surface area contributed by atoms with E-state index >= 15 is 0 Å². The summed E-state index contributed by atoms with van der Waals surface area (Å²) in [5.74, 6) is -2.27. The Balaban J connectivity index is 4.17. The van der Waals surface area contributed by atoms with Crippen molar-refractivity contribution >= 4 is 23.8 Å². The van der Waals surface area contributed by atoms with E-state index in [0.29, 0.717) is 45.7 Å². The number of carbonyl (C=O) groups excluding carboxylic acids is 2. The van der Waals surface area contributed by atoms with Gasteiger partial charge in [0.05, 0.1) is 5.54 Å². The first kappa shape index (κ1) is 30.7. The number of nitrogens with two attached hydrogens (primary N) is 2. The maximum absolute atomic E-state index is 12.0. The van der Waals surface area contributed by atoms with Gasteiger partial charge in [0, 0.05) is 76.9 Å². The van der Waals surface area contributed by atoms with Crippen molar-refractivity contribution in [3.05, 3.63) is 0 Å². The van der Waals surface area contributed by atoms with Gasteiger partial charge in [-0.25, -0.2) is 0 Å². The SMILES string of the molecule is C[C@@](CN)(CNCCNC[C@@](C)(CN)NC(=O)CCCC(=O)O)CNC(=O)CCCC(=O)O. The van der Waals surface area contributed by atoms with Gasteiger partial charge in [-0.15, -0.1) is 0 Å². The summed E-state index contributed by atoms with van der Waals surface area (Å²) in [5.41, 5.74) is 10.7. The number of carboxylic acids is 2. The number of amides is 2. The van der Waals surface area contributed by atoms with Gasteiger partial charge in [-0.1, -0.05) is 6.92 Å². The molecule has 0 aliphatic carbocycles. The third-order valence-corrected chi connectivity index (χ3v) is 5.23. The molecule has 12 nitrogen and oxygen atoms in total. The summed E-state index contributed by atoms with van der Waals surface area (Å²) in [6, 6.07) is 0. The summed E-state index contributed by atoms with van der Waals surface area (Å²) >= 11 is 0. The van der Waals surface area contributed by atoms with Crippen molar-refractivity contribution in [1.29, 1.82) is 0 Å². The molecule has 0 unspecified atom stereocenters. The first-order chi connectivity index (χ1) is 15.4. The highest BCUT2D eigenvalue weighted by molar-refractivity contribution is 5.77. The Hall–Kier alpha value is -2.28. The van der Waals surface area contributed by atoms with Crippen molar-refractivity contribution in [2.75, 3.05) is 45.8 Å². The molecule has 33 heavy (non-hydrogen) atoms. The number of nitrogens with one attached hydrogen (secondary N) is 4. The second-order valence-electron chi connectivity index (χ2n) is 8.95. The monoisotopic (exact) mass is 474 g/mol. The van der Waals surface area contributed by atoms with Gasteiger partial charge < -0.3 is 42.9 Å². The number of carbonyl (C=O) groups is 4. The van der Waals surface area contributed by atoms with E-state index in [0.717, 1.165) is 0 Å². The molecule has 0 bridgehead atoms. The quantitative estimate of drug-likeness (QED) is 0.0966. The minimum absolute atomic E-state index is 0.0340. The molecule has 0 aromatic rings. The lowest BCUT2D eigenvalue weighted by Crippen LogP contribution is -2.57. The highest BCUT2D eigenvalue weighted by atomic mass is 16.4. The molecule has 10 N–H and O–H groups in total. The van der Waals surface area contributed by atoms with Crippen LogP contribution in [-0.2, 0) is 19.2 Å². The van der Waals surface area contributed by atoms with Gasteiger partial charge in [-0.2, -0.15) is 0 Å². The minimum Gasteiger partial charge on any atom is -0.481 e. The Kier molecular flexibility index (Phi) is 15.2. The van der Waals surface area contributed by atoms with Gasteiger partial charge in [0.25, 0.3) is 0 Å². The number of hydrogen-bond donors (Lipinski definition) is 8. The Morgan fingerprint density at radius 1 is 0.727 bits per heavy atom. The Bertz CT molecular complexity index is 634. The smallest absolute Gasteiger partial charge is 0.303 e. The molecule has 0 aromatic carbocycles. The topological polar surface area (TPSA) is 209 Å². The van der Waals surface area contributed by atoms with Gasteiger partial charge >= 0.3 is 11.9 Å². The molecular formula is C21H42N6O6. The lowest BCUT2D eigenvalue weighted by Gasteiger charge is -2.30. The standard InChI is InChI=1S/C21H42N6O6/c1-20(11-22,14-26-16(28)5-3-7-18(30)31)13-24-9-10-25-15-21(2,12-23)27-17(29)6-4-8-19(32)33/h24-25H,3-15,22-23H2,1-2H3,(H,26,28)(H,27,29)(H,30,31)(H,32,33)/t20-,21-/m1/s1. The Morgan fingerprint density at radius 3 is 1.73 bits per heavy atom. The minimum atomic E-state index is -0.928. The van der Waals surface area contributed by atoms with E-state index in [9.17, 15) is 19.2 Å². The molecule has 0 spiro atoms. The predicted molar refractivity (Wildman–Crippen MR) is 124 cm³/mol. The van der Waals surface area contributed by atoms with Gasteiger partial charge in [0.15, 0.2) is 0 Å². The van der Waals surface area contributed by atoms with Crippen molar-refractivity contribution in [2.45, 2.75) is 57.9 Å². The second kappa shape index (κ2) is 16.4. The van der Waals surface area contributed by atoms with E-state index in [4.69, 9.17) is 21.7 Å². The zero-order valence-corrected chi connectivity index (χ0v) is 19.9. The normalized spacial score (nSPS) is 14.7. The van der Waals surface area contributed by atoms with Crippen molar-refractivity contribution in [1.82, 2.24) is 21.3 Å². The summed E-state index contributed by atoms with van der Waals surface area (Å²) in [5, 5.41) is 29.5. The lowest BCUT2D eigenvalue weighted by molar-refractivity contribution is -0.138. The fraction of sp³-hybridized carbons (Fsp3) is 0.810. The fourth-order valence-corrected chi connectivity index (χ4v) is 2.91. The molecule has 12 heteroatoms. The maximum atomic E-state index is 12.0. The third kappa shape index (κ3) is 16.1. The zero-order chi connectivity index (χ0) is 25.3. The summed E-state index contributed by atoms with van der Waals surface area (Å²) < 4.78 is 0. The average molecular weight is 475 g/mol. The Labute approximate surface area is 195 Å². The van der Waals surface area contributed by atoms with Crippen LogP contribution in [0.15, 0.2) is 0 Å². The summed E-state index contributed by atoms with van der Waals surface area (Å²) in [6.07, 6.45) is 0.800. The third-order valence-electron chi connectivity index (χ3n) is 5.23. The van der Waals surface area contributed by atoms with Crippen LogP contribution in [0.25, 0.3) is 0 Å². The first-order valence-electron chi connectivity index (χ1n) is 11.3. The Morgan fingerprint density at radius 2 is 1.24 bits per heavy atom. The largest absolute Gasteiger partial charge is 0.481 e. The molecule has 0 aliphatic rings. The molecule has 0 saturated heterocycles. The molecule has 0 aromatic heterocycles. The van der Waals surface area contributed by atoms with Gasteiger partial charge in [0.2, 0.25) is 11.8 Å². The van der Waals surface area contributed by atoms with E-state index in [2.05, 4.69) is 21.3 Å². The van der Waals surface area contributed by atoms with Crippen LogP contribution in [-0.4, -0.2) is 85.3 Å². The van der Waals surface area contributed by atoms with Crippen LogP contribution >= 0.6 is 0 Å². The van der Waals surface area contributed by atoms with E-state index < -0.39 is 17.5 Å². The summed E-state index contributed by atoms with van der Waals surface area (Å²) in [6.45, 7) is 7.05. The molecule has 0 saturated carbocycles. The summed E-state index contributed by atoms with van der Waals surface area (Å²) in [4.78, 5) is 44.9. The molecule has 0 rings (SSSR count). The van der Waals surface area contributed by atoms with Crippen molar-refractivity contribution in [2.24, 2.45) is 16.9 Å². The van der Waals surface area contributed by atoms with Crippen LogP contribution in [0, 0.1) is 5.41 Å².